The van der Waals surface area contributed by atoms with Gasteiger partial charge in [-0.2, -0.15) is 0 Å². The van der Waals surface area contributed by atoms with E-state index in [4.69, 9.17) is 23.2 Å². The van der Waals surface area contributed by atoms with Crippen LogP contribution in [-0.4, -0.2) is 18.4 Å². The van der Waals surface area contributed by atoms with Gasteiger partial charge in [-0.1, -0.05) is 47.5 Å². The number of hydrogen-bond acceptors (Lipinski definition) is 2. The van der Waals surface area contributed by atoms with Crippen molar-refractivity contribution in [3.8, 4) is 0 Å². The summed E-state index contributed by atoms with van der Waals surface area (Å²) in [5.41, 5.74) is 0.174. The van der Waals surface area contributed by atoms with Crippen LogP contribution in [0.4, 0.5) is 11.4 Å². The van der Waals surface area contributed by atoms with Gasteiger partial charge in [-0.3, -0.25) is 9.59 Å². The van der Waals surface area contributed by atoms with Crippen LogP contribution in [0.3, 0.4) is 0 Å². The monoisotopic (exact) mass is 376 g/mol. The molecule has 0 aliphatic heterocycles. The van der Waals surface area contributed by atoms with Gasteiger partial charge in [-0.15, -0.1) is 0 Å². The van der Waals surface area contributed by atoms with E-state index >= 15 is 0 Å². The highest BCUT2D eigenvalue weighted by Gasteiger charge is 2.58. The van der Waals surface area contributed by atoms with E-state index in [0.29, 0.717) is 30.1 Å². The second kappa shape index (κ2) is 7.06. The molecule has 0 spiro atoms. The Hall–Kier alpha value is -2.04. The lowest BCUT2D eigenvalue weighted by atomic mass is 10.0. The quantitative estimate of drug-likeness (QED) is 0.764. The van der Waals surface area contributed by atoms with Crippen molar-refractivity contribution in [1.82, 2.24) is 0 Å². The second-order valence-electron chi connectivity index (χ2n) is 6.02. The molecule has 2 amide bonds. The highest BCUT2D eigenvalue weighted by Crippen LogP contribution is 2.49. The summed E-state index contributed by atoms with van der Waals surface area (Å²) in [6.45, 7) is 2.39. The third-order valence-corrected chi connectivity index (χ3v) is 5.24. The number of para-hydroxylation sites is 1. The van der Waals surface area contributed by atoms with Gasteiger partial charge in [0.15, 0.2) is 0 Å². The number of hydrogen-bond donors (Lipinski definition) is 1. The van der Waals surface area contributed by atoms with Crippen molar-refractivity contribution in [3.63, 3.8) is 0 Å². The third-order valence-electron chi connectivity index (χ3n) is 4.42. The zero-order chi connectivity index (χ0) is 18.0. The highest BCUT2D eigenvalue weighted by molar-refractivity contribution is 6.44. The van der Waals surface area contributed by atoms with Crippen molar-refractivity contribution in [2.24, 2.45) is 5.41 Å². The molecule has 0 bridgehead atoms. The lowest BCUT2D eigenvalue weighted by Gasteiger charge is -2.26. The Labute approximate surface area is 156 Å². The summed E-state index contributed by atoms with van der Waals surface area (Å²) in [6.07, 6.45) is 1.05. The average Bonchev–Trinajstić information content (AvgIpc) is 3.42. The van der Waals surface area contributed by atoms with Crippen molar-refractivity contribution >= 4 is 46.4 Å². The Balaban J connectivity index is 1.82. The summed E-state index contributed by atoms with van der Waals surface area (Å²) in [4.78, 5) is 27.5. The van der Waals surface area contributed by atoms with Gasteiger partial charge in [0.2, 0.25) is 11.8 Å². The smallest absolute Gasteiger partial charge is 0.242 e. The largest absolute Gasteiger partial charge is 0.324 e. The molecule has 6 heteroatoms. The SMILES string of the molecule is CCN(C(=O)C1(C(=O)Nc2cccc(Cl)c2Cl)CC1)c1ccccc1. The summed E-state index contributed by atoms with van der Waals surface area (Å²) >= 11 is 12.1. The molecule has 25 heavy (non-hydrogen) atoms. The van der Waals surface area contributed by atoms with Crippen LogP contribution in [0.2, 0.25) is 10.0 Å². The number of nitrogens with one attached hydrogen (secondary N) is 1. The first-order valence-electron chi connectivity index (χ1n) is 8.12. The van der Waals surface area contributed by atoms with E-state index < -0.39 is 5.41 Å². The Morgan fingerprint density at radius 1 is 1.08 bits per heavy atom. The molecule has 1 aliphatic rings. The van der Waals surface area contributed by atoms with Gasteiger partial charge in [0.1, 0.15) is 5.41 Å². The lowest BCUT2D eigenvalue weighted by Crippen LogP contribution is -2.43. The van der Waals surface area contributed by atoms with E-state index in [1.54, 1.807) is 23.1 Å². The van der Waals surface area contributed by atoms with Crippen LogP contribution in [0.1, 0.15) is 19.8 Å². The molecule has 1 fully saturated rings. The molecule has 2 aromatic carbocycles. The molecule has 1 aliphatic carbocycles. The number of benzene rings is 2. The van der Waals surface area contributed by atoms with Crippen LogP contribution in [-0.2, 0) is 9.59 Å². The number of amides is 2. The van der Waals surface area contributed by atoms with Crippen molar-refractivity contribution in [2.75, 3.05) is 16.8 Å². The average molecular weight is 377 g/mol. The number of anilines is 2. The summed E-state index contributed by atoms with van der Waals surface area (Å²) in [7, 11) is 0. The maximum absolute atomic E-state index is 13.0. The fraction of sp³-hybridized carbons (Fsp3) is 0.263. The Kier molecular flexibility index (Phi) is 5.02. The number of carbonyl (C=O) groups excluding carboxylic acids is 2. The van der Waals surface area contributed by atoms with Crippen molar-refractivity contribution in [2.45, 2.75) is 19.8 Å². The predicted octanol–water partition coefficient (Wildman–Crippen LogP) is 4.77. The van der Waals surface area contributed by atoms with Crippen molar-refractivity contribution in [1.29, 1.82) is 0 Å². The minimum Gasteiger partial charge on any atom is -0.324 e. The van der Waals surface area contributed by atoms with Gasteiger partial charge in [-0.25, -0.2) is 0 Å². The molecule has 0 atom stereocenters. The first kappa shape index (κ1) is 17.8. The predicted molar refractivity (Wildman–Crippen MR) is 101 cm³/mol. The topological polar surface area (TPSA) is 49.4 Å². The van der Waals surface area contributed by atoms with Gasteiger partial charge in [0.25, 0.3) is 0 Å². The molecule has 0 saturated heterocycles. The molecule has 130 valence electrons. The van der Waals surface area contributed by atoms with Crippen LogP contribution in [0, 0.1) is 5.41 Å². The maximum Gasteiger partial charge on any atom is 0.242 e. The van der Waals surface area contributed by atoms with Crippen molar-refractivity contribution in [3.05, 3.63) is 58.6 Å². The molecule has 1 saturated carbocycles. The van der Waals surface area contributed by atoms with E-state index in [9.17, 15) is 9.59 Å². The molecule has 0 radical (unpaired) electrons. The molecular weight excluding hydrogens is 359 g/mol. The Bertz CT molecular complexity index is 804. The molecule has 2 aromatic rings. The van der Waals surface area contributed by atoms with Crippen LogP contribution < -0.4 is 10.2 Å². The number of nitrogens with zero attached hydrogens (tertiary/aromatic N) is 1. The van der Waals surface area contributed by atoms with Gasteiger partial charge >= 0.3 is 0 Å². The first-order valence-corrected chi connectivity index (χ1v) is 8.87. The zero-order valence-electron chi connectivity index (χ0n) is 13.8. The minimum atomic E-state index is -1.03. The lowest BCUT2D eigenvalue weighted by molar-refractivity contribution is -0.132. The minimum absolute atomic E-state index is 0.183. The summed E-state index contributed by atoms with van der Waals surface area (Å²) in [5, 5.41) is 3.39. The third kappa shape index (κ3) is 3.37. The van der Waals surface area contributed by atoms with E-state index in [0.717, 1.165) is 5.69 Å². The summed E-state index contributed by atoms with van der Waals surface area (Å²) in [6, 6.07) is 14.4. The van der Waals surface area contributed by atoms with Crippen LogP contribution in [0.25, 0.3) is 0 Å². The van der Waals surface area contributed by atoms with E-state index in [-0.39, 0.29) is 16.8 Å². The number of rotatable bonds is 5. The standard InChI is InChI=1S/C19H18Cl2N2O2/c1-2-23(13-7-4-3-5-8-13)18(25)19(11-12-19)17(24)22-15-10-6-9-14(20)16(15)21/h3-10H,2,11-12H2,1H3,(H,22,24). The van der Waals surface area contributed by atoms with Gasteiger partial charge in [0.05, 0.1) is 15.7 Å². The number of halogens is 2. The molecule has 0 aromatic heterocycles. The molecule has 0 heterocycles. The molecule has 1 N–H and O–H groups in total. The zero-order valence-corrected chi connectivity index (χ0v) is 15.3. The Morgan fingerprint density at radius 3 is 2.36 bits per heavy atom. The first-order chi connectivity index (χ1) is 12.0. The highest BCUT2D eigenvalue weighted by atomic mass is 35.5. The van der Waals surface area contributed by atoms with Crippen LogP contribution in [0.15, 0.2) is 48.5 Å². The van der Waals surface area contributed by atoms with E-state index in [1.807, 2.05) is 37.3 Å². The molecule has 0 unspecified atom stereocenters. The van der Waals surface area contributed by atoms with Crippen LogP contribution in [0.5, 0.6) is 0 Å². The Morgan fingerprint density at radius 2 is 1.76 bits per heavy atom. The van der Waals surface area contributed by atoms with Gasteiger partial charge in [-0.05, 0) is 44.0 Å². The molecular formula is C19H18Cl2N2O2. The van der Waals surface area contributed by atoms with E-state index in [1.165, 1.54) is 0 Å². The molecule has 3 rings (SSSR count). The van der Waals surface area contributed by atoms with Crippen LogP contribution >= 0.6 is 23.2 Å². The van der Waals surface area contributed by atoms with E-state index in [2.05, 4.69) is 5.32 Å². The number of carbonyl (C=O) groups is 2. The normalized spacial score (nSPS) is 14.7. The van der Waals surface area contributed by atoms with Crippen molar-refractivity contribution < 1.29 is 9.59 Å². The summed E-state index contributed by atoms with van der Waals surface area (Å²) in [5.74, 6) is -0.520. The van der Waals surface area contributed by atoms with Gasteiger partial charge < -0.3 is 10.2 Å². The molecule has 4 nitrogen and oxygen atoms in total. The second-order valence-corrected chi connectivity index (χ2v) is 6.81. The fourth-order valence-corrected chi connectivity index (χ4v) is 3.16. The maximum atomic E-state index is 13.0. The summed E-state index contributed by atoms with van der Waals surface area (Å²) < 4.78 is 0. The van der Waals surface area contributed by atoms with Gasteiger partial charge in [0, 0.05) is 12.2 Å². The fourth-order valence-electron chi connectivity index (χ4n) is 2.82.